The summed E-state index contributed by atoms with van der Waals surface area (Å²) in [5.41, 5.74) is 0. The molecule has 0 aliphatic carbocycles. The third kappa shape index (κ3) is 18.7. The Labute approximate surface area is 622 Å². The predicted octanol–water partition coefficient (Wildman–Crippen LogP) is -19.5. The molecule has 110 heavy (non-hydrogen) atoms. The van der Waals surface area contributed by atoms with E-state index in [1.54, 1.807) is 0 Å². The number of aliphatic hydroxyl groups excluding tert-OH is 27. The summed E-state index contributed by atoms with van der Waals surface area (Å²) in [5, 5.41) is 295. The number of methoxy groups -OCH3 is 1. The van der Waals surface area contributed by atoms with Crippen LogP contribution in [0, 0.1) is 0 Å². The summed E-state index contributed by atoms with van der Waals surface area (Å²) in [6, 6.07) is 0. The number of hydrogen-bond acceptors (Lipinski definition) is 49. The Kier molecular flexibility index (Phi) is 31.0. The molecule has 0 amide bonds. The number of rotatable bonds is 25. The van der Waals surface area contributed by atoms with Crippen LogP contribution in [-0.2, 0) is 104 Å². The van der Waals surface area contributed by atoms with Crippen molar-refractivity contribution in [1.82, 2.24) is 0 Å². The van der Waals surface area contributed by atoms with Gasteiger partial charge in [0.2, 0.25) is 0 Å². The molecule has 640 valence electrons. The van der Waals surface area contributed by atoms with Gasteiger partial charge in [0.15, 0.2) is 69.2 Å². The highest BCUT2D eigenvalue weighted by atomic mass is 16.8. The maximum atomic E-state index is 11.8. The molecular weight excluding hydrogens is 1520 g/mol. The number of aliphatic hydroxyl groups is 27. The lowest BCUT2D eigenvalue weighted by Crippen LogP contribution is -2.68. The molecule has 0 aromatic heterocycles. The number of ether oxygens (including phenoxy) is 22. The van der Waals surface area contributed by atoms with E-state index in [2.05, 4.69) is 0 Å². The van der Waals surface area contributed by atoms with Crippen molar-refractivity contribution in [1.29, 1.82) is 0 Å². The van der Waals surface area contributed by atoms with E-state index < -0.39 is 367 Å². The van der Waals surface area contributed by atoms with Gasteiger partial charge in [0.1, 0.15) is 226 Å². The van der Waals surface area contributed by atoms with Crippen LogP contribution in [0.5, 0.6) is 0 Å². The fraction of sp³-hybridized carbons (Fsp3) is 1.00. The zero-order valence-corrected chi connectivity index (χ0v) is 58.4. The largest absolute Gasteiger partial charge is 0.394 e. The van der Waals surface area contributed by atoms with Crippen LogP contribution in [0.1, 0.15) is 6.92 Å². The molecule has 11 saturated heterocycles. The molecule has 49 heteroatoms. The molecule has 27 N–H and O–H groups in total. The molecule has 0 aromatic rings. The second-order valence-corrected chi connectivity index (χ2v) is 28.3. The van der Waals surface area contributed by atoms with Crippen molar-refractivity contribution in [2.24, 2.45) is 0 Å². The maximum absolute atomic E-state index is 11.8. The van der Waals surface area contributed by atoms with Gasteiger partial charge in [0, 0.05) is 7.11 Å². The van der Waals surface area contributed by atoms with E-state index >= 15 is 0 Å². The summed E-state index contributed by atoms with van der Waals surface area (Å²) >= 11 is 0. The van der Waals surface area contributed by atoms with Gasteiger partial charge in [-0.1, -0.05) is 0 Å². The molecule has 0 unspecified atom stereocenters. The van der Waals surface area contributed by atoms with Crippen LogP contribution in [0.3, 0.4) is 0 Å². The molecular formula is C61H102O49. The second kappa shape index (κ2) is 38.4. The summed E-state index contributed by atoms with van der Waals surface area (Å²) in [4.78, 5) is 0. The second-order valence-electron chi connectivity index (χ2n) is 28.3. The molecule has 0 saturated carbocycles. The van der Waals surface area contributed by atoms with Gasteiger partial charge in [-0.25, -0.2) is 0 Å². The lowest BCUT2D eigenvalue weighted by atomic mass is 9.95. The van der Waals surface area contributed by atoms with E-state index in [1.807, 2.05) is 0 Å². The Bertz CT molecular complexity index is 2780. The molecule has 49 atom stereocenters. The molecule has 49 nitrogen and oxygen atoms in total. The van der Waals surface area contributed by atoms with Crippen molar-refractivity contribution in [2.75, 3.05) is 73.2 Å². The first-order valence-corrected chi connectivity index (χ1v) is 35.4. The fourth-order valence-corrected chi connectivity index (χ4v) is 14.5. The average Bonchev–Trinajstić information content (AvgIpc) is 0.776. The summed E-state index contributed by atoms with van der Waals surface area (Å²) in [5.74, 6) is 0. The Hall–Kier alpha value is -1.96. The predicted molar refractivity (Wildman–Crippen MR) is 330 cm³/mol. The van der Waals surface area contributed by atoms with Crippen LogP contribution >= 0.6 is 0 Å². The van der Waals surface area contributed by atoms with Crippen LogP contribution in [0.2, 0.25) is 0 Å². The summed E-state index contributed by atoms with van der Waals surface area (Å²) in [6.45, 7) is -6.35. The molecule has 0 radical (unpaired) electrons. The third-order valence-electron chi connectivity index (χ3n) is 20.8. The van der Waals surface area contributed by atoms with Gasteiger partial charge in [-0.15, -0.1) is 0 Å². The van der Waals surface area contributed by atoms with Crippen molar-refractivity contribution in [3.8, 4) is 0 Å². The first kappa shape index (κ1) is 88.8. The Balaban J connectivity index is 0.679. The molecule has 11 rings (SSSR count). The Morgan fingerprint density at radius 2 is 0.455 bits per heavy atom. The van der Waals surface area contributed by atoms with Gasteiger partial charge in [-0.3, -0.25) is 0 Å². The minimum atomic E-state index is -2.24. The van der Waals surface area contributed by atoms with Crippen molar-refractivity contribution in [3.05, 3.63) is 0 Å². The molecule has 0 spiro atoms. The highest BCUT2D eigenvalue weighted by Crippen LogP contribution is 2.40. The molecule has 11 heterocycles. The van der Waals surface area contributed by atoms with E-state index in [-0.39, 0.29) is 0 Å². The van der Waals surface area contributed by atoms with E-state index in [0.717, 1.165) is 7.11 Å². The van der Waals surface area contributed by atoms with Gasteiger partial charge in [0.25, 0.3) is 0 Å². The summed E-state index contributed by atoms with van der Waals surface area (Å²) < 4.78 is 125. The SMILES string of the molecule is CO[C@H]1[C@@H](O)[C@H](O[C@H]2[C@@H](O)[C@@H](CO)O[C@@H](O[C@@H]3[C@@H](O)[C@H](O[C@H]4[C@H](O)[C@@H](O)[C@@H](O[C@H]5O[C@H](CO)[C@@H](O)[C@H](O)[C@H]5O)O[C@@H]4CO)O[C@H](CO)[C@H]3O)[C@@H]2O)O[C@@H](C)[C@@H]1O[C@H]1OC[C@H](O)[C@@H](O[C@H]2OC[C@H](O)[C@@H](O[C@H]3OC[C@H](O)[C@@H](O[C@H]4OC[C@H](O)[C@@H](O[C@H]5OC[C@H](O)[C@@H](O[C@H]6OC[C@H](O)[C@@H](O)[C@@H]6O)[C@@H]5O)[C@@H]4O)[C@@H]3O)[C@@H]2O)[C@@H]1O. The van der Waals surface area contributed by atoms with E-state index in [9.17, 15) is 138 Å². The molecule has 0 aromatic carbocycles. The quantitative estimate of drug-likeness (QED) is 0.0404. The maximum Gasteiger partial charge on any atom is 0.189 e. The highest BCUT2D eigenvalue weighted by molar-refractivity contribution is 5.02. The van der Waals surface area contributed by atoms with E-state index in [4.69, 9.17) is 104 Å². The van der Waals surface area contributed by atoms with Crippen LogP contribution in [-0.4, -0.2) is 512 Å². The van der Waals surface area contributed by atoms with Gasteiger partial charge in [-0.2, -0.15) is 0 Å². The molecule has 0 bridgehead atoms. The van der Waals surface area contributed by atoms with Crippen molar-refractivity contribution >= 4 is 0 Å². The average molecular weight is 1620 g/mol. The molecule has 11 aliphatic heterocycles. The fourth-order valence-electron chi connectivity index (χ4n) is 14.5. The smallest absolute Gasteiger partial charge is 0.189 e. The first-order valence-electron chi connectivity index (χ1n) is 35.4. The van der Waals surface area contributed by atoms with E-state index in [1.165, 1.54) is 6.92 Å². The minimum absolute atomic E-state index is 0.488. The van der Waals surface area contributed by atoms with Crippen molar-refractivity contribution in [2.45, 2.75) is 308 Å². The van der Waals surface area contributed by atoms with Crippen molar-refractivity contribution < 1.29 is 242 Å². The van der Waals surface area contributed by atoms with Crippen LogP contribution < -0.4 is 0 Å². The standard InChI is InChI=1S/C61H102O49/c1-13-41(50(89-2)40(88)59(96-13)108-48-26(74)22(5-64)99-61(39(48)87)109-49-27(75)21(4-63)98-60(38(49)86)107-47-23(6-65)100-58(32(80)29(47)77)110-57-31(79)28(76)25(73)20(3-62)97-57)101-52-33(81)43(16(68)8-91-52)103-54-35(83)45(18(70)10-93-54)105-56-37(85)46(19(71)12-95-56)106-55-36(84)44(17(69)11-94-55)104-53-34(82)42(15(67)9-92-53)102-51-30(78)24(72)14(66)7-90-51/h13-88H,3-12H2,1-2H3/t13-,14-,15-,16-,17-,18-,19-,20+,21+,22+,23+,24+,25+,26-,27+,28-,29+,30-,31+,32+,33-,34-,35-,36-,37-,38+,39+,40+,41-,42+,43+,44+,45+,46+,47+,48-,49-,50-,51+,52+,53+,54+,55+,56+,57+,58+,59-,60-,61-/m0/s1. The lowest BCUT2D eigenvalue weighted by molar-refractivity contribution is -0.401. The normalized spacial score (nSPS) is 54.2. The van der Waals surface area contributed by atoms with Gasteiger partial charge >= 0.3 is 0 Å². The minimum Gasteiger partial charge on any atom is -0.394 e. The lowest BCUT2D eigenvalue weighted by Gasteiger charge is -2.50. The van der Waals surface area contributed by atoms with Crippen LogP contribution in [0.4, 0.5) is 0 Å². The van der Waals surface area contributed by atoms with Crippen LogP contribution in [0.15, 0.2) is 0 Å². The zero-order chi connectivity index (χ0) is 79.9. The third-order valence-corrected chi connectivity index (χ3v) is 20.8. The van der Waals surface area contributed by atoms with Crippen LogP contribution in [0.25, 0.3) is 0 Å². The highest BCUT2D eigenvalue weighted by Gasteiger charge is 2.60. The van der Waals surface area contributed by atoms with Crippen molar-refractivity contribution in [3.63, 3.8) is 0 Å². The Morgan fingerprint density at radius 3 is 0.800 bits per heavy atom. The first-order chi connectivity index (χ1) is 52.2. The zero-order valence-electron chi connectivity index (χ0n) is 58.4. The summed E-state index contributed by atoms with van der Waals surface area (Å²) in [6.07, 6.45) is -90.8. The van der Waals surface area contributed by atoms with Gasteiger partial charge in [-0.05, 0) is 6.92 Å². The molecule has 11 fully saturated rings. The summed E-state index contributed by atoms with van der Waals surface area (Å²) in [7, 11) is 1.11. The van der Waals surface area contributed by atoms with Gasteiger partial charge in [0.05, 0.1) is 72.2 Å². The number of hydrogen-bond donors (Lipinski definition) is 27. The van der Waals surface area contributed by atoms with E-state index in [0.29, 0.717) is 0 Å². The topological polar surface area (TPSA) is 749 Å². The van der Waals surface area contributed by atoms with Gasteiger partial charge < -0.3 is 242 Å². The Morgan fingerprint density at radius 1 is 0.209 bits per heavy atom. The molecule has 11 aliphatic rings. The monoisotopic (exact) mass is 1620 g/mol.